The van der Waals surface area contributed by atoms with Crippen molar-refractivity contribution in [2.24, 2.45) is 11.8 Å². The van der Waals surface area contributed by atoms with Crippen LogP contribution in [0.3, 0.4) is 0 Å². The third-order valence-electron chi connectivity index (χ3n) is 5.33. The van der Waals surface area contributed by atoms with Gasteiger partial charge < -0.3 is 19.9 Å². The maximum atomic E-state index is 10.4. The Hall–Kier alpha value is -2.04. The van der Waals surface area contributed by atoms with Crippen LogP contribution in [0.5, 0.6) is 11.5 Å². The smallest absolute Gasteiger partial charge is 0.125 e. The zero-order valence-electron chi connectivity index (χ0n) is 14.3. The van der Waals surface area contributed by atoms with E-state index in [-0.39, 0.29) is 6.10 Å². The molecule has 25 heavy (non-hydrogen) atoms. The summed E-state index contributed by atoms with van der Waals surface area (Å²) in [7, 11) is 0. The standard InChI is InChI=1S/C21H25NO3/c23-20-9-16-12-22-13-17(16)10-21(20)25-19-8-4-7-18(11-19)24-14-15-5-2-1-3-6-15/h1-8,11,16-17,20-23H,9-10,12-14H2/t16-,17+,20+,21+/m0/s1. The van der Waals surface area contributed by atoms with Crippen LogP contribution < -0.4 is 14.8 Å². The summed E-state index contributed by atoms with van der Waals surface area (Å²) in [6.45, 7) is 2.60. The molecular weight excluding hydrogens is 314 g/mol. The molecule has 1 saturated heterocycles. The third kappa shape index (κ3) is 3.97. The Morgan fingerprint density at radius 3 is 2.52 bits per heavy atom. The molecule has 0 unspecified atom stereocenters. The lowest BCUT2D eigenvalue weighted by Crippen LogP contribution is -2.42. The van der Waals surface area contributed by atoms with Crippen molar-refractivity contribution in [1.29, 1.82) is 0 Å². The van der Waals surface area contributed by atoms with E-state index in [1.807, 2.05) is 54.6 Å². The van der Waals surface area contributed by atoms with Crippen molar-refractivity contribution in [3.05, 3.63) is 60.2 Å². The van der Waals surface area contributed by atoms with Crippen LogP contribution in [0.4, 0.5) is 0 Å². The molecule has 0 spiro atoms. The number of rotatable bonds is 5. The predicted molar refractivity (Wildman–Crippen MR) is 96.7 cm³/mol. The zero-order valence-corrected chi connectivity index (χ0v) is 14.3. The summed E-state index contributed by atoms with van der Waals surface area (Å²) in [5, 5.41) is 13.8. The van der Waals surface area contributed by atoms with Crippen molar-refractivity contribution >= 4 is 0 Å². The first-order valence-corrected chi connectivity index (χ1v) is 9.10. The van der Waals surface area contributed by atoms with Crippen molar-refractivity contribution in [3.63, 3.8) is 0 Å². The van der Waals surface area contributed by atoms with Crippen molar-refractivity contribution in [2.75, 3.05) is 13.1 Å². The van der Waals surface area contributed by atoms with E-state index >= 15 is 0 Å². The highest BCUT2D eigenvalue weighted by atomic mass is 16.5. The summed E-state index contributed by atoms with van der Waals surface area (Å²) in [6, 6.07) is 17.8. The van der Waals surface area contributed by atoms with Gasteiger partial charge in [-0.3, -0.25) is 0 Å². The number of aliphatic hydroxyl groups excluding tert-OH is 1. The number of hydrogen-bond acceptors (Lipinski definition) is 4. The molecule has 1 saturated carbocycles. The highest BCUT2D eigenvalue weighted by Crippen LogP contribution is 2.35. The van der Waals surface area contributed by atoms with Gasteiger partial charge in [0.1, 0.15) is 24.2 Å². The minimum absolute atomic E-state index is 0.134. The fourth-order valence-electron chi connectivity index (χ4n) is 3.94. The van der Waals surface area contributed by atoms with Crippen LogP contribution in [0.1, 0.15) is 18.4 Å². The van der Waals surface area contributed by atoms with Gasteiger partial charge in [-0.2, -0.15) is 0 Å². The van der Waals surface area contributed by atoms with Gasteiger partial charge in [0.25, 0.3) is 0 Å². The molecule has 2 aromatic carbocycles. The number of ether oxygens (including phenoxy) is 2. The molecule has 4 rings (SSSR count). The van der Waals surface area contributed by atoms with Crippen molar-refractivity contribution in [3.8, 4) is 11.5 Å². The van der Waals surface area contributed by atoms with Crippen LogP contribution in [-0.4, -0.2) is 30.4 Å². The number of nitrogens with one attached hydrogen (secondary N) is 1. The zero-order chi connectivity index (χ0) is 17.1. The second-order valence-electron chi connectivity index (χ2n) is 7.12. The van der Waals surface area contributed by atoms with Gasteiger partial charge in [0.15, 0.2) is 0 Å². The summed E-state index contributed by atoms with van der Waals surface area (Å²) < 4.78 is 12.0. The molecular formula is C21H25NO3. The van der Waals surface area contributed by atoms with E-state index in [1.165, 1.54) is 0 Å². The molecule has 2 fully saturated rings. The van der Waals surface area contributed by atoms with Gasteiger partial charge in [-0.25, -0.2) is 0 Å². The normalized spacial score (nSPS) is 28.4. The molecule has 132 valence electrons. The monoisotopic (exact) mass is 339 g/mol. The number of hydrogen-bond donors (Lipinski definition) is 2. The third-order valence-corrected chi connectivity index (χ3v) is 5.33. The molecule has 0 aromatic heterocycles. The summed E-state index contributed by atoms with van der Waals surface area (Å²) in [5.41, 5.74) is 1.14. The lowest BCUT2D eigenvalue weighted by molar-refractivity contribution is -0.0232. The van der Waals surface area contributed by atoms with Crippen LogP contribution in [0.15, 0.2) is 54.6 Å². The first kappa shape index (κ1) is 16.4. The summed E-state index contributed by atoms with van der Waals surface area (Å²) in [6.07, 6.45) is 1.21. The molecule has 0 bridgehead atoms. The lowest BCUT2D eigenvalue weighted by Gasteiger charge is -2.35. The first-order valence-electron chi connectivity index (χ1n) is 9.10. The van der Waals surface area contributed by atoms with Crippen LogP contribution in [0.25, 0.3) is 0 Å². The van der Waals surface area contributed by atoms with Crippen molar-refractivity contribution in [2.45, 2.75) is 31.7 Å². The fourth-order valence-corrected chi connectivity index (χ4v) is 3.94. The number of benzene rings is 2. The molecule has 1 aliphatic carbocycles. The van der Waals surface area contributed by atoms with Gasteiger partial charge in [-0.15, -0.1) is 0 Å². The Labute approximate surface area is 148 Å². The molecule has 2 aromatic rings. The largest absolute Gasteiger partial charge is 0.489 e. The highest BCUT2D eigenvalue weighted by molar-refractivity contribution is 5.33. The van der Waals surface area contributed by atoms with E-state index in [9.17, 15) is 5.11 Å². The summed E-state index contributed by atoms with van der Waals surface area (Å²) in [4.78, 5) is 0. The van der Waals surface area contributed by atoms with Gasteiger partial charge in [-0.05, 0) is 55.5 Å². The maximum Gasteiger partial charge on any atom is 0.125 e. The average molecular weight is 339 g/mol. The van der Waals surface area contributed by atoms with Gasteiger partial charge in [0, 0.05) is 6.07 Å². The van der Waals surface area contributed by atoms with E-state index in [0.717, 1.165) is 43.0 Å². The molecule has 1 aliphatic heterocycles. The van der Waals surface area contributed by atoms with E-state index in [2.05, 4.69) is 5.32 Å². The second kappa shape index (κ2) is 7.46. The molecule has 4 atom stereocenters. The van der Waals surface area contributed by atoms with Crippen LogP contribution >= 0.6 is 0 Å². The van der Waals surface area contributed by atoms with Gasteiger partial charge >= 0.3 is 0 Å². The van der Waals surface area contributed by atoms with Crippen molar-refractivity contribution in [1.82, 2.24) is 5.32 Å². The van der Waals surface area contributed by atoms with Crippen molar-refractivity contribution < 1.29 is 14.6 Å². The SMILES string of the molecule is O[C@@H]1C[C@H]2CNC[C@H]2C[C@H]1Oc1cccc(OCc2ccccc2)c1. The molecule has 1 heterocycles. The van der Waals surface area contributed by atoms with E-state index in [4.69, 9.17) is 9.47 Å². The predicted octanol–water partition coefficient (Wildman–Crippen LogP) is 3.00. The van der Waals surface area contributed by atoms with E-state index < -0.39 is 6.10 Å². The fraction of sp³-hybridized carbons (Fsp3) is 0.429. The molecule has 4 heteroatoms. The number of fused-ring (bicyclic) bond motifs is 1. The van der Waals surface area contributed by atoms with Gasteiger partial charge in [0.2, 0.25) is 0 Å². The molecule has 0 amide bonds. The molecule has 2 N–H and O–H groups in total. The minimum Gasteiger partial charge on any atom is -0.489 e. The Bertz CT molecular complexity index is 691. The minimum atomic E-state index is -0.393. The molecule has 4 nitrogen and oxygen atoms in total. The van der Waals surface area contributed by atoms with Gasteiger partial charge in [0.05, 0.1) is 6.10 Å². The van der Waals surface area contributed by atoms with E-state index in [1.54, 1.807) is 0 Å². The topological polar surface area (TPSA) is 50.7 Å². The van der Waals surface area contributed by atoms with E-state index in [0.29, 0.717) is 18.4 Å². The number of aliphatic hydroxyl groups is 1. The summed E-state index contributed by atoms with van der Waals surface area (Å²) >= 11 is 0. The second-order valence-corrected chi connectivity index (χ2v) is 7.12. The average Bonchev–Trinajstić information content (AvgIpc) is 3.09. The quantitative estimate of drug-likeness (QED) is 0.879. The Morgan fingerprint density at radius 1 is 0.920 bits per heavy atom. The van der Waals surface area contributed by atoms with Gasteiger partial charge in [-0.1, -0.05) is 36.4 Å². The Balaban J connectivity index is 1.37. The van der Waals surface area contributed by atoms with Crippen LogP contribution in [-0.2, 0) is 6.61 Å². The summed E-state index contributed by atoms with van der Waals surface area (Å²) in [5.74, 6) is 2.76. The lowest BCUT2D eigenvalue weighted by atomic mass is 9.78. The highest BCUT2D eigenvalue weighted by Gasteiger charge is 2.39. The molecule has 0 radical (unpaired) electrons. The van der Waals surface area contributed by atoms with Crippen LogP contribution in [0, 0.1) is 11.8 Å². The maximum absolute atomic E-state index is 10.4. The Kier molecular flexibility index (Phi) is 4.90. The van der Waals surface area contributed by atoms with Crippen LogP contribution in [0.2, 0.25) is 0 Å². The first-order chi connectivity index (χ1) is 12.3. The molecule has 2 aliphatic rings. The Morgan fingerprint density at radius 2 is 1.68 bits per heavy atom.